The molecular formula is C28H30BrClN2O3. The molecule has 0 saturated heterocycles. The molecular weight excluding hydrogens is 528 g/mol. The number of nitrogens with zero attached hydrogens (tertiary/aromatic N) is 1. The smallest absolute Gasteiger partial charge is 0.243 e. The highest BCUT2D eigenvalue weighted by Gasteiger charge is 2.29. The summed E-state index contributed by atoms with van der Waals surface area (Å²) >= 11 is 9.38. The van der Waals surface area contributed by atoms with Crippen molar-refractivity contribution >= 4 is 39.3 Å². The van der Waals surface area contributed by atoms with Gasteiger partial charge in [-0.2, -0.15) is 0 Å². The van der Waals surface area contributed by atoms with Crippen molar-refractivity contribution in [1.29, 1.82) is 0 Å². The van der Waals surface area contributed by atoms with E-state index in [0.717, 1.165) is 15.6 Å². The fraction of sp³-hybridized carbons (Fsp3) is 0.286. The Morgan fingerprint density at radius 1 is 0.971 bits per heavy atom. The van der Waals surface area contributed by atoms with Gasteiger partial charge in [0.2, 0.25) is 11.8 Å². The first-order chi connectivity index (χ1) is 17.0. The van der Waals surface area contributed by atoms with Gasteiger partial charge in [0.15, 0.2) is 0 Å². The maximum Gasteiger partial charge on any atom is 0.243 e. The largest absolute Gasteiger partial charge is 0.494 e. The highest BCUT2D eigenvalue weighted by molar-refractivity contribution is 9.10. The number of likely N-dealkylation sites (N-methyl/N-ethyl adjacent to an activating group) is 1. The van der Waals surface area contributed by atoms with Gasteiger partial charge in [-0.05, 0) is 60.9 Å². The number of carbonyl (C=O) groups excluding carboxylic acids is 2. The summed E-state index contributed by atoms with van der Waals surface area (Å²) in [6, 6.07) is 24.1. The van der Waals surface area contributed by atoms with Crippen molar-refractivity contribution in [3.8, 4) is 5.75 Å². The fourth-order valence-corrected chi connectivity index (χ4v) is 4.11. The third-order valence-corrected chi connectivity index (χ3v) is 6.29. The van der Waals surface area contributed by atoms with Gasteiger partial charge in [-0.15, -0.1) is 0 Å². The van der Waals surface area contributed by atoms with E-state index in [1.807, 2.05) is 61.5 Å². The lowest BCUT2D eigenvalue weighted by molar-refractivity contribution is -0.141. The number of benzene rings is 3. The molecule has 0 fully saturated rings. The second kappa shape index (κ2) is 13.9. The normalized spacial score (nSPS) is 11.5. The maximum absolute atomic E-state index is 13.5. The predicted molar refractivity (Wildman–Crippen MR) is 143 cm³/mol. The summed E-state index contributed by atoms with van der Waals surface area (Å²) in [4.78, 5) is 28.3. The zero-order valence-corrected chi connectivity index (χ0v) is 22.1. The van der Waals surface area contributed by atoms with Crippen molar-refractivity contribution in [3.05, 3.63) is 99.5 Å². The molecule has 0 saturated carbocycles. The summed E-state index contributed by atoms with van der Waals surface area (Å²) in [5.41, 5.74) is 1.96. The predicted octanol–water partition coefficient (Wildman–Crippen LogP) is 6.04. The van der Waals surface area contributed by atoms with Crippen molar-refractivity contribution in [2.45, 2.75) is 38.8 Å². The van der Waals surface area contributed by atoms with Gasteiger partial charge < -0.3 is 15.0 Å². The molecule has 0 aliphatic carbocycles. The van der Waals surface area contributed by atoms with Gasteiger partial charge in [-0.25, -0.2) is 0 Å². The molecule has 0 spiro atoms. The first-order valence-corrected chi connectivity index (χ1v) is 12.9. The van der Waals surface area contributed by atoms with E-state index in [9.17, 15) is 9.59 Å². The average Bonchev–Trinajstić information content (AvgIpc) is 2.87. The Bertz CT molecular complexity index is 1080. The number of halogens is 2. The van der Waals surface area contributed by atoms with E-state index in [1.54, 1.807) is 29.2 Å². The number of carbonyl (C=O) groups is 2. The van der Waals surface area contributed by atoms with Crippen molar-refractivity contribution in [3.63, 3.8) is 0 Å². The minimum absolute atomic E-state index is 0.0835. The topological polar surface area (TPSA) is 58.6 Å². The maximum atomic E-state index is 13.5. The van der Waals surface area contributed by atoms with Gasteiger partial charge in [0, 0.05) is 35.4 Å². The van der Waals surface area contributed by atoms with Crippen LogP contribution in [0.25, 0.3) is 0 Å². The van der Waals surface area contributed by atoms with Gasteiger partial charge in [0.25, 0.3) is 0 Å². The van der Waals surface area contributed by atoms with Crippen LogP contribution < -0.4 is 10.1 Å². The molecule has 1 atom stereocenters. The Morgan fingerprint density at radius 3 is 2.31 bits per heavy atom. The number of hydrogen-bond acceptors (Lipinski definition) is 3. The lowest BCUT2D eigenvalue weighted by atomic mass is 10.0. The molecule has 3 aromatic rings. The molecule has 184 valence electrons. The molecule has 5 nitrogen and oxygen atoms in total. The first-order valence-electron chi connectivity index (χ1n) is 11.7. The number of nitrogens with one attached hydrogen (secondary N) is 1. The van der Waals surface area contributed by atoms with Crippen LogP contribution in [0.4, 0.5) is 0 Å². The summed E-state index contributed by atoms with van der Waals surface area (Å²) in [5, 5.41) is 3.56. The van der Waals surface area contributed by atoms with Gasteiger partial charge in [-0.1, -0.05) is 70.0 Å². The van der Waals surface area contributed by atoms with Gasteiger partial charge in [0.05, 0.1) is 6.61 Å². The zero-order chi connectivity index (χ0) is 25.0. The lowest BCUT2D eigenvalue weighted by Gasteiger charge is -2.31. The molecule has 2 amide bonds. The SMILES string of the molecule is CCNC(=O)[C@H](Cc1ccccc1)N(Cc1ccc(Br)cc1)C(=O)CCCOc1ccc(Cl)cc1. The summed E-state index contributed by atoms with van der Waals surface area (Å²) in [6.45, 7) is 3.12. The van der Waals surface area contributed by atoms with E-state index in [4.69, 9.17) is 16.3 Å². The van der Waals surface area contributed by atoms with Crippen LogP contribution in [0.15, 0.2) is 83.3 Å². The molecule has 0 bridgehead atoms. The first kappa shape index (κ1) is 26.8. The molecule has 0 unspecified atom stereocenters. The second-order valence-corrected chi connectivity index (χ2v) is 9.51. The van der Waals surface area contributed by atoms with E-state index < -0.39 is 6.04 Å². The van der Waals surface area contributed by atoms with Crippen LogP contribution in [0.2, 0.25) is 5.02 Å². The highest BCUT2D eigenvalue weighted by atomic mass is 79.9. The van der Waals surface area contributed by atoms with E-state index in [0.29, 0.717) is 43.3 Å². The number of amides is 2. The van der Waals surface area contributed by atoms with Crippen molar-refractivity contribution < 1.29 is 14.3 Å². The van der Waals surface area contributed by atoms with Crippen LogP contribution in [-0.4, -0.2) is 35.9 Å². The van der Waals surface area contributed by atoms with Crippen molar-refractivity contribution in [2.24, 2.45) is 0 Å². The molecule has 35 heavy (non-hydrogen) atoms. The molecule has 3 aromatic carbocycles. The minimum Gasteiger partial charge on any atom is -0.494 e. The summed E-state index contributed by atoms with van der Waals surface area (Å²) in [6.07, 6.45) is 1.25. The molecule has 0 radical (unpaired) electrons. The van der Waals surface area contributed by atoms with E-state index in [-0.39, 0.29) is 18.2 Å². The molecule has 3 rings (SSSR count). The van der Waals surface area contributed by atoms with Crippen molar-refractivity contribution in [1.82, 2.24) is 10.2 Å². The third kappa shape index (κ3) is 8.71. The fourth-order valence-electron chi connectivity index (χ4n) is 3.72. The van der Waals surface area contributed by atoms with Crippen LogP contribution in [0.3, 0.4) is 0 Å². The van der Waals surface area contributed by atoms with Crippen LogP contribution in [0.1, 0.15) is 30.9 Å². The Hall–Kier alpha value is -2.83. The molecule has 1 N–H and O–H groups in total. The molecule has 0 aliphatic rings. The Morgan fingerprint density at radius 2 is 1.66 bits per heavy atom. The van der Waals surface area contributed by atoms with Gasteiger partial charge in [0.1, 0.15) is 11.8 Å². The lowest BCUT2D eigenvalue weighted by Crippen LogP contribution is -2.50. The van der Waals surface area contributed by atoms with Crippen LogP contribution in [0, 0.1) is 0 Å². The quantitative estimate of drug-likeness (QED) is 0.276. The third-order valence-electron chi connectivity index (χ3n) is 5.51. The molecule has 0 aliphatic heterocycles. The van der Waals surface area contributed by atoms with Crippen molar-refractivity contribution in [2.75, 3.05) is 13.2 Å². The van der Waals surface area contributed by atoms with E-state index >= 15 is 0 Å². The standard InChI is InChI=1S/C28H30BrClN2O3/c1-2-31-28(34)26(19-21-7-4-3-5-8-21)32(20-22-10-12-23(29)13-11-22)27(33)9-6-18-35-25-16-14-24(30)15-17-25/h3-5,7-8,10-17,26H,2,6,9,18-20H2,1H3,(H,31,34)/t26-/m0/s1. The van der Waals surface area contributed by atoms with E-state index in [2.05, 4.69) is 21.2 Å². The molecule has 0 heterocycles. The highest BCUT2D eigenvalue weighted by Crippen LogP contribution is 2.19. The Kier molecular flexibility index (Phi) is 10.6. The summed E-state index contributed by atoms with van der Waals surface area (Å²) in [7, 11) is 0. The van der Waals surface area contributed by atoms with Crippen LogP contribution in [-0.2, 0) is 22.6 Å². The molecule has 0 aromatic heterocycles. The van der Waals surface area contributed by atoms with Gasteiger partial charge in [-0.3, -0.25) is 9.59 Å². The van der Waals surface area contributed by atoms with Crippen LogP contribution in [0.5, 0.6) is 5.75 Å². The van der Waals surface area contributed by atoms with Crippen LogP contribution >= 0.6 is 27.5 Å². The zero-order valence-electron chi connectivity index (χ0n) is 19.8. The Balaban J connectivity index is 1.75. The monoisotopic (exact) mass is 556 g/mol. The second-order valence-electron chi connectivity index (χ2n) is 8.15. The summed E-state index contributed by atoms with van der Waals surface area (Å²) in [5.74, 6) is 0.469. The summed E-state index contributed by atoms with van der Waals surface area (Å²) < 4.78 is 6.71. The number of ether oxygens (including phenoxy) is 1. The Labute approximate surface area is 220 Å². The van der Waals surface area contributed by atoms with E-state index in [1.165, 1.54) is 0 Å². The molecule has 7 heteroatoms. The average molecular weight is 558 g/mol. The minimum atomic E-state index is -0.620. The van der Waals surface area contributed by atoms with Gasteiger partial charge >= 0.3 is 0 Å². The number of hydrogen-bond donors (Lipinski definition) is 1. The number of rotatable bonds is 12.